The predicted molar refractivity (Wildman–Crippen MR) is 116 cm³/mol. The molecule has 1 fully saturated rings. The van der Waals surface area contributed by atoms with Crippen molar-refractivity contribution in [2.75, 3.05) is 19.6 Å². The van der Waals surface area contributed by atoms with Crippen LogP contribution in [0.3, 0.4) is 0 Å². The Labute approximate surface area is 174 Å². The highest BCUT2D eigenvalue weighted by Gasteiger charge is 2.13. The Bertz CT molecular complexity index is 745. The quantitative estimate of drug-likeness (QED) is 0.700. The topological polar surface area (TPSA) is 50.4 Å². The van der Waals surface area contributed by atoms with E-state index in [9.17, 15) is 4.79 Å². The van der Waals surface area contributed by atoms with E-state index in [4.69, 9.17) is 4.74 Å². The maximum Gasteiger partial charge on any atom is 0.224 e. The van der Waals surface area contributed by atoms with Crippen molar-refractivity contribution in [3.05, 3.63) is 65.2 Å². The van der Waals surface area contributed by atoms with Crippen molar-refractivity contribution in [3.63, 3.8) is 0 Å². The van der Waals surface area contributed by atoms with E-state index in [1.807, 2.05) is 36.4 Å². The zero-order chi connectivity index (χ0) is 18.9. The summed E-state index contributed by atoms with van der Waals surface area (Å²) in [4.78, 5) is 12.2. The SMILES string of the molecule is Cc1ccccc1COc1cccc(CC(=O)NCCC2CCCNC2)c1.Cl. The molecule has 0 saturated carbocycles. The van der Waals surface area contributed by atoms with Gasteiger partial charge in [0.2, 0.25) is 5.91 Å². The van der Waals surface area contributed by atoms with Crippen LogP contribution in [0, 0.1) is 12.8 Å². The lowest BCUT2D eigenvalue weighted by atomic mass is 9.96. The van der Waals surface area contributed by atoms with Crippen LogP contribution in [0.5, 0.6) is 5.75 Å². The van der Waals surface area contributed by atoms with Gasteiger partial charge in [-0.15, -0.1) is 12.4 Å². The zero-order valence-electron chi connectivity index (χ0n) is 16.6. The third kappa shape index (κ3) is 7.17. The molecule has 1 atom stereocenters. The van der Waals surface area contributed by atoms with Gasteiger partial charge in [0.05, 0.1) is 6.42 Å². The standard InChI is InChI=1S/C23H30N2O2.ClH/c1-18-6-2-3-9-21(18)17-27-22-10-4-7-20(14-22)15-23(26)25-13-11-19-8-5-12-24-16-19;/h2-4,6-7,9-10,14,19,24H,5,8,11-13,15-17H2,1H3,(H,25,26);1H. The Balaban J connectivity index is 0.00000280. The summed E-state index contributed by atoms with van der Waals surface area (Å²) < 4.78 is 5.92. The molecule has 0 radical (unpaired) electrons. The molecule has 0 aliphatic carbocycles. The monoisotopic (exact) mass is 402 g/mol. The second-order valence-corrected chi connectivity index (χ2v) is 7.39. The third-order valence-corrected chi connectivity index (χ3v) is 5.19. The van der Waals surface area contributed by atoms with Crippen molar-refractivity contribution in [2.45, 2.75) is 39.2 Å². The van der Waals surface area contributed by atoms with Gasteiger partial charge in [0.25, 0.3) is 0 Å². The van der Waals surface area contributed by atoms with Gasteiger partial charge in [0.1, 0.15) is 12.4 Å². The van der Waals surface area contributed by atoms with Crippen molar-refractivity contribution in [1.82, 2.24) is 10.6 Å². The minimum Gasteiger partial charge on any atom is -0.489 e. The van der Waals surface area contributed by atoms with Crippen molar-refractivity contribution >= 4 is 18.3 Å². The minimum atomic E-state index is 0. The van der Waals surface area contributed by atoms with Crippen LogP contribution in [0.2, 0.25) is 0 Å². The Morgan fingerprint density at radius 2 is 2.07 bits per heavy atom. The lowest BCUT2D eigenvalue weighted by molar-refractivity contribution is -0.120. The van der Waals surface area contributed by atoms with E-state index >= 15 is 0 Å². The van der Waals surface area contributed by atoms with Gasteiger partial charge in [-0.1, -0.05) is 36.4 Å². The van der Waals surface area contributed by atoms with Crippen molar-refractivity contribution in [1.29, 1.82) is 0 Å². The first-order valence-corrected chi connectivity index (χ1v) is 9.94. The number of amides is 1. The molecule has 0 bridgehead atoms. The van der Waals surface area contributed by atoms with Crippen LogP contribution in [-0.4, -0.2) is 25.5 Å². The Morgan fingerprint density at radius 3 is 2.86 bits per heavy atom. The van der Waals surface area contributed by atoms with E-state index in [0.29, 0.717) is 18.9 Å². The van der Waals surface area contributed by atoms with Crippen LogP contribution in [0.15, 0.2) is 48.5 Å². The summed E-state index contributed by atoms with van der Waals surface area (Å²) in [5.41, 5.74) is 3.38. The van der Waals surface area contributed by atoms with Gasteiger partial charge in [-0.2, -0.15) is 0 Å². The van der Waals surface area contributed by atoms with Gasteiger partial charge >= 0.3 is 0 Å². The molecule has 0 spiro atoms. The predicted octanol–water partition coefficient (Wildman–Crippen LogP) is 4.04. The van der Waals surface area contributed by atoms with Gasteiger partial charge in [0.15, 0.2) is 0 Å². The van der Waals surface area contributed by atoms with E-state index < -0.39 is 0 Å². The lowest BCUT2D eigenvalue weighted by Crippen LogP contribution is -2.33. The third-order valence-electron chi connectivity index (χ3n) is 5.19. The van der Waals surface area contributed by atoms with Crippen molar-refractivity contribution in [2.24, 2.45) is 5.92 Å². The maximum atomic E-state index is 12.2. The molecule has 3 rings (SSSR count). The number of hydrogen-bond acceptors (Lipinski definition) is 3. The summed E-state index contributed by atoms with van der Waals surface area (Å²) in [6.07, 6.45) is 3.96. The molecule has 0 aromatic heterocycles. The summed E-state index contributed by atoms with van der Waals surface area (Å²) in [5.74, 6) is 1.57. The second-order valence-electron chi connectivity index (χ2n) is 7.39. The summed E-state index contributed by atoms with van der Waals surface area (Å²) in [6.45, 7) is 5.59. The first-order valence-electron chi connectivity index (χ1n) is 9.94. The van der Waals surface area contributed by atoms with Gasteiger partial charge in [-0.05, 0) is 74.0 Å². The largest absolute Gasteiger partial charge is 0.489 e. The minimum absolute atomic E-state index is 0. The van der Waals surface area contributed by atoms with Crippen LogP contribution in [0.4, 0.5) is 0 Å². The molecule has 152 valence electrons. The fourth-order valence-corrected chi connectivity index (χ4v) is 3.51. The summed E-state index contributed by atoms with van der Waals surface area (Å²) in [5, 5.41) is 6.48. The van der Waals surface area contributed by atoms with Gasteiger partial charge < -0.3 is 15.4 Å². The van der Waals surface area contributed by atoms with Crippen LogP contribution in [0.1, 0.15) is 36.0 Å². The number of carbonyl (C=O) groups excluding carboxylic acids is 1. The molecule has 1 heterocycles. The first kappa shape index (κ1) is 22.3. The number of aryl methyl sites for hydroxylation is 1. The van der Waals surface area contributed by atoms with Crippen LogP contribution < -0.4 is 15.4 Å². The lowest BCUT2D eigenvalue weighted by Gasteiger charge is -2.22. The Hall–Kier alpha value is -2.04. The Morgan fingerprint density at radius 1 is 1.21 bits per heavy atom. The molecule has 5 heteroatoms. The molecule has 4 nitrogen and oxygen atoms in total. The number of carbonyl (C=O) groups is 1. The molecular formula is C23H31ClN2O2. The number of rotatable bonds is 8. The fourth-order valence-electron chi connectivity index (χ4n) is 3.51. The van der Waals surface area contributed by atoms with E-state index in [1.54, 1.807) is 0 Å². The molecule has 1 aliphatic rings. The molecule has 1 saturated heterocycles. The Kier molecular flexibility index (Phi) is 9.32. The molecular weight excluding hydrogens is 372 g/mol. The number of nitrogens with one attached hydrogen (secondary N) is 2. The summed E-state index contributed by atoms with van der Waals surface area (Å²) in [7, 11) is 0. The van der Waals surface area contributed by atoms with Crippen LogP contribution in [-0.2, 0) is 17.8 Å². The molecule has 1 amide bonds. The number of hydrogen-bond donors (Lipinski definition) is 2. The van der Waals surface area contributed by atoms with Crippen LogP contribution in [0.25, 0.3) is 0 Å². The van der Waals surface area contributed by atoms with Crippen molar-refractivity contribution < 1.29 is 9.53 Å². The molecule has 28 heavy (non-hydrogen) atoms. The summed E-state index contributed by atoms with van der Waals surface area (Å²) >= 11 is 0. The number of halogens is 1. The fraction of sp³-hybridized carbons (Fsp3) is 0.435. The van der Waals surface area contributed by atoms with Gasteiger partial charge in [0, 0.05) is 6.54 Å². The van der Waals surface area contributed by atoms with E-state index in [-0.39, 0.29) is 18.3 Å². The highest BCUT2D eigenvalue weighted by atomic mass is 35.5. The average Bonchev–Trinajstić information content (AvgIpc) is 2.68. The van der Waals surface area contributed by atoms with E-state index in [1.165, 1.54) is 24.0 Å². The molecule has 2 aromatic rings. The molecule has 2 N–H and O–H groups in total. The molecule has 1 unspecified atom stereocenters. The van der Waals surface area contributed by atoms with Crippen LogP contribution >= 0.6 is 12.4 Å². The highest BCUT2D eigenvalue weighted by Crippen LogP contribution is 2.17. The number of piperidine rings is 1. The average molecular weight is 403 g/mol. The molecule has 2 aromatic carbocycles. The smallest absolute Gasteiger partial charge is 0.224 e. The maximum absolute atomic E-state index is 12.2. The first-order chi connectivity index (χ1) is 13.2. The summed E-state index contributed by atoms with van der Waals surface area (Å²) in [6, 6.07) is 16.0. The van der Waals surface area contributed by atoms with Gasteiger partial charge in [-0.3, -0.25) is 4.79 Å². The van der Waals surface area contributed by atoms with E-state index in [2.05, 4.69) is 29.7 Å². The van der Waals surface area contributed by atoms with Crippen molar-refractivity contribution in [3.8, 4) is 5.75 Å². The van der Waals surface area contributed by atoms with Gasteiger partial charge in [-0.25, -0.2) is 0 Å². The molecule has 1 aliphatic heterocycles. The second kappa shape index (κ2) is 11.7. The number of benzene rings is 2. The number of ether oxygens (including phenoxy) is 1. The normalized spacial score (nSPS) is 16.1. The van der Waals surface area contributed by atoms with E-state index in [0.717, 1.165) is 37.4 Å². The zero-order valence-corrected chi connectivity index (χ0v) is 17.4. The highest BCUT2D eigenvalue weighted by molar-refractivity contribution is 5.85.